The minimum Gasteiger partial charge on any atom is -0.366 e. The lowest BCUT2D eigenvalue weighted by molar-refractivity contribution is 0.507. The monoisotopic (exact) mass is 366 g/mol. The first-order valence-electron chi connectivity index (χ1n) is 7.92. The molecule has 2 aliphatic heterocycles. The van der Waals surface area contributed by atoms with Crippen molar-refractivity contribution in [1.82, 2.24) is 9.55 Å². The molecule has 1 fully saturated rings. The molecule has 25 heavy (non-hydrogen) atoms. The number of hydrogen-bond donors (Lipinski definition) is 1. The fourth-order valence-corrected chi connectivity index (χ4v) is 4.55. The summed E-state index contributed by atoms with van der Waals surface area (Å²) in [6.07, 6.45) is 0. The van der Waals surface area contributed by atoms with Gasteiger partial charge in [0.1, 0.15) is 11.6 Å². The van der Waals surface area contributed by atoms with Gasteiger partial charge in [-0.2, -0.15) is 4.98 Å². The van der Waals surface area contributed by atoms with Crippen LogP contribution in [0.25, 0.3) is 0 Å². The molecule has 1 saturated heterocycles. The van der Waals surface area contributed by atoms with Crippen LogP contribution < -0.4 is 15.9 Å². The molecule has 1 aromatic carbocycles. The van der Waals surface area contributed by atoms with Crippen molar-refractivity contribution in [3.8, 4) is 0 Å². The Morgan fingerprint density at radius 2 is 2.12 bits per heavy atom. The summed E-state index contributed by atoms with van der Waals surface area (Å²) in [6.45, 7) is 1.36. The Kier molecular flexibility index (Phi) is 4.03. The van der Waals surface area contributed by atoms with E-state index >= 15 is 0 Å². The van der Waals surface area contributed by atoms with Crippen LogP contribution in [0.3, 0.4) is 0 Å². The molecule has 0 radical (unpaired) electrons. The second-order valence-corrected chi connectivity index (χ2v) is 7.77. The number of aromatic nitrogens is 2. The summed E-state index contributed by atoms with van der Waals surface area (Å²) < 4.78 is 39.6. The average molecular weight is 366 g/mol. The van der Waals surface area contributed by atoms with E-state index in [1.54, 1.807) is 10.6 Å². The van der Waals surface area contributed by atoms with Gasteiger partial charge in [-0.3, -0.25) is 8.78 Å². The van der Waals surface area contributed by atoms with Crippen LogP contribution in [0.4, 0.5) is 20.4 Å². The van der Waals surface area contributed by atoms with Crippen LogP contribution >= 0.6 is 0 Å². The molecule has 2 aromatic rings. The number of fused-ring (bicyclic) bond motifs is 3. The zero-order chi connectivity index (χ0) is 17.6. The second-order valence-electron chi connectivity index (χ2n) is 6.15. The highest BCUT2D eigenvalue weighted by Crippen LogP contribution is 2.28. The average Bonchev–Trinajstić information content (AvgIpc) is 2.94. The fourth-order valence-electron chi connectivity index (χ4n) is 3.27. The Hall–Kier alpha value is -2.29. The van der Waals surface area contributed by atoms with Gasteiger partial charge in [0, 0.05) is 41.5 Å². The Labute approximate surface area is 144 Å². The number of anilines is 2. The molecule has 0 spiro atoms. The third kappa shape index (κ3) is 3.04. The molecule has 0 saturated carbocycles. The first kappa shape index (κ1) is 16.2. The van der Waals surface area contributed by atoms with E-state index in [1.165, 1.54) is 6.07 Å². The van der Waals surface area contributed by atoms with E-state index in [-0.39, 0.29) is 18.3 Å². The predicted octanol–water partition coefficient (Wildman–Crippen LogP) is 1.08. The molecule has 1 aromatic heterocycles. The van der Waals surface area contributed by atoms with Gasteiger partial charge in [0.15, 0.2) is 11.6 Å². The van der Waals surface area contributed by atoms with Crippen LogP contribution in [-0.4, -0.2) is 37.9 Å². The summed E-state index contributed by atoms with van der Waals surface area (Å²) in [7, 11) is -0.843. The van der Waals surface area contributed by atoms with E-state index in [9.17, 15) is 17.8 Å². The maximum absolute atomic E-state index is 13.3. The Balaban J connectivity index is 1.56. The van der Waals surface area contributed by atoms with Gasteiger partial charge in [-0.15, -0.1) is 0 Å². The van der Waals surface area contributed by atoms with E-state index in [1.807, 2.05) is 0 Å². The van der Waals surface area contributed by atoms with Crippen LogP contribution in [0.2, 0.25) is 0 Å². The summed E-state index contributed by atoms with van der Waals surface area (Å²) in [5, 5.41) is 2.98. The number of hydrogen-bond acceptors (Lipinski definition) is 5. The van der Waals surface area contributed by atoms with Crippen LogP contribution in [0.1, 0.15) is 5.56 Å². The molecule has 132 valence electrons. The minimum absolute atomic E-state index is 0.0607. The van der Waals surface area contributed by atoms with Gasteiger partial charge in [0.25, 0.3) is 0 Å². The Bertz CT molecular complexity index is 917. The van der Waals surface area contributed by atoms with Gasteiger partial charge in [-0.25, -0.2) is 13.6 Å². The van der Waals surface area contributed by atoms with Crippen molar-refractivity contribution >= 4 is 22.4 Å². The van der Waals surface area contributed by atoms with Gasteiger partial charge in [0.05, 0.1) is 12.6 Å². The van der Waals surface area contributed by atoms with E-state index in [2.05, 4.69) is 15.2 Å². The summed E-state index contributed by atoms with van der Waals surface area (Å²) in [4.78, 5) is 18.4. The van der Waals surface area contributed by atoms with Crippen molar-refractivity contribution in [3.63, 3.8) is 0 Å². The third-order valence-electron chi connectivity index (χ3n) is 4.51. The summed E-state index contributed by atoms with van der Waals surface area (Å²) in [5.74, 6) is 0.475. The van der Waals surface area contributed by atoms with Crippen molar-refractivity contribution in [1.29, 1.82) is 0 Å². The number of nitrogens with zero attached hydrogens (tertiary/aromatic N) is 3. The Morgan fingerprint density at radius 1 is 1.28 bits per heavy atom. The maximum atomic E-state index is 13.3. The van der Waals surface area contributed by atoms with Crippen LogP contribution in [0.15, 0.2) is 29.1 Å². The van der Waals surface area contributed by atoms with E-state index in [0.29, 0.717) is 36.0 Å². The van der Waals surface area contributed by atoms with Crippen LogP contribution in [-0.2, 0) is 23.9 Å². The Morgan fingerprint density at radius 3 is 2.92 bits per heavy atom. The molecule has 1 N–H and O–H groups in total. The molecule has 0 aliphatic carbocycles. The zero-order valence-corrected chi connectivity index (χ0v) is 14.1. The lowest BCUT2D eigenvalue weighted by atomic mass is 10.2. The van der Waals surface area contributed by atoms with Gasteiger partial charge in [-0.05, 0) is 17.7 Å². The summed E-state index contributed by atoms with van der Waals surface area (Å²) >= 11 is 0. The maximum Gasteiger partial charge on any atom is 0.351 e. The van der Waals surface area contributed by atoms with Gasteiger partial charge in [-0.1, -0.05) is 6.07 Å². The normalized spacial score (nSPS) is 21.8. The summed E-state index contributed by atoms with van der Waals surface area (Å²) in [6, 6.07) is 5.48. The number of rotatable bonds is 3. The number of nitrogens with one attached hydrogen (secondary N) is 1. The van der Waals surface area contributed by atoms with Crippen molar-refractivity contribution < 1.29 is 13.0 Å². The molecule has 4 rings (SSSR count). The van der Waals surface area contributed by atoms with Crippen molar-refractivity contribution in [2.45, 2.75) is 19.1 Å². The minimum atomic E-state index is -0.912. The van der Waals surface area contributed by atoms with Crippen LogP contribution in [0.5, 0.6) is 0 Å². The fraction of sp³-hybridized carbons (Fsp3) is 0.375. The lowest BCUT2D eigenvalue weighted by Gasteiger charge is -2.30. The van der Waals surface area contributed by atoms with Crippen molar-refractivity contribution in [2.24, 2.45) is 0 Å². The highest BCUT2D eigenvalue weighted by Gasteiger charge is 2.35. The molecule has 2 atom stereocenters. The predicted molar refractivity (Wildman–Crippen MR) is 91.2 cm³/mol. The SMILES string of the molecule is O=c1nc(NCc2ccc(F)c(F)c2)cc2n1CC1CS(=O)CCN21. The first-order chi connectivity index (χ1) is 12.0. The van der Waals surface area contributed by atoms with Crippen molar-refractivity contribution in [2.75, 3.05) is 28.3 Å². The molecule has 6 nitrogen and oxygen atoms in total. The zero-order valence-electron chi connectivity index (χ0n) is 13.2. The summed E-state index contributed by atoms with van der Waals surface area (Å²) in [5.41, 5.74) is 0.179. The topological polar surface area (TPSA) is 67.2 Å². The lowest BCUT2D eigenvalue weighted by Crippen LogP contribution is -2.44. The molecule has 2 aliphatic rings. The highest BCUT2D eigenvalue weighted by atomic mass is 32.2. The molecule has 9 heteroatoms. The number of halogens is 2. The van der Waals surface area contributed by atoms with Crippen LogP contribution in [0, 0.1) is 11.6 Å². The van der Waals surface area contributed by atoms with E-state index in [4.69, 9.17) is 0 Å². The molecule has 3 heterocycles. The smallest absolute Gasteiger partial charge is 0.351 e. The molecule has 0 bridgehead atoms. The van der Waals surface area contributed by atoms with E-state index in [0.717, 1.165) is 18.0 Å². The standard InChI is InChI=1S/C16H16F2N4O2S/c17-12-2-1-10(5-13(12)18)7-19-14-6-15-21-3-4-25(24)9-11(21)8-22(15)16(23)20-14/h1-2,5-6,11H,3-4,7-9H2,(H,19,20,23). The second kappa shape index (κ2) is 6.21. The molecular weight excluding hydrogens is 350 g/mol. The molecule has 0 amide bonds. The van der Waals surface area contributed by atoms with Gasteiger partial charge < -0.3 is 10.2 Å². The number of benzene rings is 1. The third-order valence-corrected chi connectivity index (χ3v) is 5.91. The first-order valence-corrected chi connectivity index (χ1v) is 9.41. The largest absolute Gasteiger partial charge is 0.366 e. The van der Waals surface area contributed by atoms with Gasteiger partial charge in [0.2, 0.25) is 0 Å². The van der Waals surface area contributed by atoms with Crippen molar-refractivity contribution in [3.05, 3.63) is 51.9 Å². The van der Waals surface area contributed by atoms with Gasteiger partial charge >= 0.3 is 5.69 Å². The molecular formula is C16H16F2N4O2S. The highest BCUT2D eigenvalue weighted by molar-refractivity contribution is 7.85. The molecule has 2 unspecified atom stereocenters. The quantitative estimate of drug-likeness (QED) is 0.881. The van der Waals surface area contributed by atoms with E-state index < -0.39 is 22.4 Å².